The number of hydrogen-bond donors (Lipinski definition) is 1. The Kier molecular flexibility index (Phi) is 6.03. The number of amides is 1. The van der Waals surface area contributed by atoms with E-state index in [0.29, 0.717) is 13.0 Å². The smallest absolute Gasteiger partial charge is 0.224 e. The second-order valence-corrected chi connectivity index (χ2v) is 8.70. The molecule has 0 aliphatic carbocycles. The number of para-hydroxylation sites is 1. The summed E-state index contributed by atoms with van der Waals surface area (Å²) in [6.07, 6.45) is 4.62. The lowest BCUT2D eigenvalue weighted by Gasteiger charge is -2.36. The van der Waals surface area contributed by atoms with Gasteiger partial charge in [0.15, 0.2) is 0 Å². The van der Waals surface area contributed by atoms with E-state index in [1.807, 2.05) is 30.3 Å². The number of fused-ring (bicyclic) bond motifs is 1. The highest BCUT2D eigenvalue weighted by Gasteiger charge is 2.25. The lowest BCUT2D eigenvalue weighted by Crippen LogP contribution is -2.42. The summed E-state index contributed by atoms with van der Waals surface area (Å²) in [7, 11) is 0. The fraction of sp³-hybridized carbons (Fsp3) is 0.391. The molecule has 0 radical (unpaired) electrons. The van der Waals surface area contributed by atoms with Gasteiger partial charge in [0.2, 0.25) is 5.91 Å². The van der Waals surface area contributed by atoms with Crippen LogP contribution < -0.4 is 5.32 Å². The molecule has 0 bridgehead atoms. The maximum Gasteiger partial charge on any atom is 0.224 e. The minimum Gasteiger partial charge on any atom is -0.354 e. The molecular formula is C23H27N3OS. The molecule has 3 aromatic rings. The molecule has 1 aromatic carbocycles. The first-order valence-electron chi connectivity index (χ1n) is 10.1. The van der Waals surface area contributed by atoms with Crippen LogP contribution >= 0.6 is 11.3 Å². The minimum atomic E-state index is 0.0603. The van der Waals surface area contributed by atoms with Crippen LogP contribution in [0.5, 0.6) is 0 Å². The lowest BCUT2D eigenvalue weighted by molar-refractivity contribution is -0.120. The first kappa shape index (κ1) is 19.1. The third-order valence-corrected chi connectivity index (χ3v) is 6.66. The normalized spacial score (nSPS) is 16.9. The second kappa shape index (κ2) is 8.84. The van der Waals surface area contributed by atoms with Crippen molar-refractivity contribution in [3.63, 3.8) is 0 Å². The Balaban J connectivity index is 1.42. The highest BCUT2D eigenvalue weighted by atomic mass is 32.1. The van der Waals surface area contributed by atoms with E-state index in [4.69, 9.17) is 0 Å². The number of pyridine rings is 1. The Labute approximate surface area is 170 Å². The summed E-state index contributed by atoms with van der Waals surface area (Å²) in [5, 5.41) is 6.39. The van der Waals surface area contributed by atoms with Crippen molar-refractivity contribution in [1.82, 2.24) is 15.2 Å². The van der Waals surface area contributed by atoms with E-state index in [1.165, 1.54) is 17.7 Å². The molecule has 1 atom stereocenters. The van der Waals surface area contributed by atoms with Crippen molar-refractivity contribution in [2.75, 3.05) is 19.6 Å². The highest BCUT2D eigenvalue weighted by Crippen LogP contribution is 2.29. The minimum absolute atomic E-state index is 0.0603. The maximum atomic E-state index is 12.7. The van der Waals surface area contributed by atoms with Gasteiger partial charge < -0.3 is 5.32 Å². The number of nitrogens with one attached hydrogen (secondary N) is 1. The van der Waals surface area contributed by atoms with Gasteiger partial charge in [0.05, 0.1) is 18.0 Å². The fourth-order valence-corrected chi connectivity index (χ4v) is 4.85. The van der Waals surface area contributed by atoms with E-state index in [0.717, 1.165) is 35.5 Å². The van der Waals surface area contributed by atoms with E-state index < -0.39 is 0 Å². The van der Waals surface area contributed by atoms with Gasteiger partial charge in [-0.15, -0.1) is 11.3 Å². The molecular weight excluding hydrogens is 366 g/mol. The molecule has 0 saturated carbocycles. The number of aromatic nitrogens is 1. The molecule has 1 aliphatic rings. The Morgan fingerprint density at radius 3 is 2.82 bits per heavy atom. The summed E-state index contributed by atoms with van der Waals surface area (Å²) < 4.78 is 0. The van der Waals surface area contributed by atoms with Crippen molar-refractivity contribution in [3.05, 3.63) is 64.5 Å². The van der Waals surface area contributed by atoms with Gasteiger partial charge in [-0.05, 0) is 54.9 Å². The zero-order valence-corrected chi connectivity index (χ0v) is 17.1. The lowest BCUT2D eigenvalue weighted by atomic mass is 9.97. The molecule has 28 heavy (non-hydrogen) atoms. The average molecular weight is 394 g/mol. The van der Waals surface area contributed by atoms with Crippen molar-refractivity contribution in [3.8, 4) is 0 Å². The van der Waals surface area contributed by atoms with Crippen LogP contribution in [0.15, 0.2) is 54.0 Å². The van der Waals surface area contributed by atoms with Crippen molar-refractivity contribution < 1.29 is 4.79 Å². The first-order valence-corrected chi connectivity index (χ1v) is 11.0. The number of likely N-dealkylation sites (tertiary alicyclic amines) is 1. The van der Waals surface area contributed by atoms with Crippen LogP contribution in [0.25, 0.3) is 10.9 Å². The molecule has 1 amide bonds. The van der Waals surface area contributed by atoms with Gasteiger partial charge in [0.1, 0.15) is 0 Å². The number of rotatable bonds is 6. The molecule has 146 valence electrons. The molecule has 2 aromatic heterocycles. The van der Waals surface area contributed by atoms with E-state index >= 15 is 0 Å². The Morgan fingerprint density at radius 2 is 2.04 bits per heavy atom. The van der Waals surface area contributed by atoms with E-state index in [2.05, 4.69) is 39.6 Å². The number of hydrogen-bond acceptors (Lipinski definition) is 4. The Morgan fingerprint density at radius 1 is 1.21 bits per heavy atom. The van der Waals surface area contributed by atoms with E-state index in [9.17, 15) is 4.79 Å². The monoisotopic (exact) mass is 393 g/mol. The molecule has 5 heteroatoms. The summed E-state index contributed by atoms with van der Waals surface area (Å²) in [5.41, 5.74) is 1.90. The third-order valence-electron chi connectivity index (χ3n) is 5.69. The largest absolute Gasteiger partial charge is 0.354 e. The summed E-state index contributed by atoms with van der Waals surface area (Å²) in [6, 6.07) is 14.5. The molecule has 1 aliphatic heterocycles. The van der Waals surface area contributed by atoms with Crippen molar-refractivity contribution in [2.24, 2.45) is 5.92 Å². The molecule has 1 fully saturated rings. The molecule has 4 rings (SSSR count). The van der Waals surface area contributed by atoms with Crippen molar-refractivity contribution in [1.29, 1.82) is 0 Å². The zero-order chi connectivity index (χ0) is 19.3. The quantitative estimate of drug-likeness (QED) is 0.674. The number of piperidine rings is 1. The average Bonchev–Trinajstić information content (AvgIpc) is 3.24. The topological polar surface area (TPSA) is 45.2 Å². The first-order chi connectivity index (χ1) is 13.7. The van der Waals surface area contributed by atoms with Crippen molar-refractivity contribution >= 4 is 28.1 Å². The predicted octanol–water partition coefficient (Wildman–Crippen LogP) is 4.43. The van der Waals surface area contributed by atoms with Crippen LogP contribution in [0.3, 0.4) is 0 Å². The van der Waals surface area contributed by atoms with Crippen LogP contribution in [0.1, 0.15) is 36.2 Å². The molecule has 1 N–H and O–H groups in total. The number of carbonyl (C=O) groups is 1. The van der Waals surface area contributed by atoms with Gasteiger partial charge in [0, 0.05) is 23.0 Å². The Bertz CT molecular complexity index is 911. The molecule has 0 spiro atoms. The number of nitrogens with zero attached hydrogens (tertiary/aromatic N) is 2. The number of benzene rings is 1. The van der Waals surface area contributed by atoms with E-state index in [-0.39, 0.29) is 11.9 Å². The predicted molar refractivity (Wildman–Crippen MR) is 115 cm³/mol. The van der Waals surface area contributed by atoms with Crippen LogP contribution in [-0.2, 0) is 11.2 Å². The van der Waals surface area contributed by atoms with Gasteiger partial charge in [-0.1, -0.05) is 37.3 Å². The summed E-state index contributed by atoms with van der Waals surface area (Å²) in [5.74, 6) is 0.860. The number of thiophene rings is 1. The van der Waals surface area contributed by atoms with Crippen LogP contribution in [-0.4, -0.2) is 35.4 Å². The second-order valence-electron chi connectivity index (χ2n) is 7.72. The van der Waals surface area contributed by atoms with Crippen LogP contribution in [0.4, 0.5) is 0 Å². The molecule has 1 unspecified atom stereocenters. The molecule has 1 saturated heterocycles. The summed E-state index contributed by atoms with van der Waals surface area (Å²) >= 11 is 1.78. The van der Waals surface area contributed by atoms with Gasteiger partial charge in [-0.3, -0.25) is 14.7 Å². The SMILES string of the molecule is CC1CCN(C(CNC(=O)Cc2cccc3cccnc23)c2cccs2)CC1. The summed E-state index contributed by atoms with van der Waals surface area (Å²) in [6.45, 7) is 5.20. The van der Waals surface area contributed by atoms with Gasteiger partial charge >= 0.3 is 0 Å². The fourth-order valence-electron chi connectivity index (χ4n) is 3.99. The molecule has 3 heterocycles. The van der Waals surface area contributed by atoms with Crippen molar-refractivity contribution in [2.45, 2.75) is 32.2 Å². The Hall–Kier alpha value is -2.24. The highest BCUT2D eigenvalue weighted by molar-refractivity contribution is 7.10. The van der Waals surface area contributed by atoms with Gasteiger partial charge in [-0.2, -0.15) is 0 Å². The van der Waals surface area contributed by atoms with Crippen LogP contribution in [0.2, 0.25) is 0 Å². The third kappa shape index (κ3) is 4.42. The zero-order valence-electron chi connectivity index (χ0n) is 16.3. The maximum absolute atomic E-state index is 12.7. The number of carbonyl (C=O) groups excluding carboxylic acids is 1. The van der Waals surface area contributed by atoms with Gasteiger partial charge in [0.25, 0.3) is 0 Å². The van der Waals surface area contributed by atoms with Crippen LogP contribution in [0, 0.1) is 5.92 Å². The van der Waals surface area contributed by atoms with Gasteiger partial charge in [-0.25, -0.2) is 0 Å². The summed E-state index contributed by atoms with van der Waals surface area (Å²) in [4.78, 5) is 21.0. The molecule has 4 nitrogen and oxygen atoms in total. The standard InChI is InChI=1S/C23H27N3OS/c1-17-9-12-26(13-10-17)20(21-8-4-14-28-21)16-25-22(27)15-19-6-2-5-18-7-3-11-24-23(18)19/h2-8,11,14,17,20H,9-10,12-13,15-16H2,1H3,(H,25,27). The van der Waals surface area contributed by atoms with E-state index in [1.54, 1.807) is 17.5 Å².